The SMILES string of the molecule is CCCNCc1sc(N(C)CCS(C)(=O)=O)nc1COC. The number of rotatable bonds is 10. The van der Waals surface area contributed by atoms with E-state index in [1.807, 2.05) is 11.9 Å². The molecule has 0 bridgehead atoms. The quantitative estimate of drug-likeness (QED) is 0.649. The van der Waals surface area contributed by atoms with Gasteiger partial charge in [-0.05, 0) is 13.0 Å². The van der Waals surface area contributed by atoms with E-state index in [4.69, 9.17) is 4.74 Å². The third kappa shape index (κ3) is 6.73. The first-order valence-corrected chi connectivity index (χ1v) is 9.82. The van der Waals surface area contributed by atoms with Crippen LogP contribution < -0.4 is 10.2 Å². The summed E-state index contributed by atoms with van der Waals surface area (Å²) >= 11 is 1.59. The number of nitrogens with one attached hydrogen (secondary N) is 1. The smallest absolute Gasteiger partial charge is 0.185 e. The number of nitrogens with zero attached hydrogens (tertiary/aromatic N) is 2. The van der Waals surface area contributed by atoms with Gasteiger partial charge in [-0.2, -0.15) is 0 Å². The lowest BCUT2D eigenvalue weighted by molar-refractivity contribution is 0.181. The number of methoxy groups -OCH3 is 1. The average molecular weight is 335 g/mol. The molecule has 1 aromatic heterocycles. The normalized spacial score (nSPS) is 11.8. The van der Waals surface area contributed by atoms with E-state index in [1.165, 1.54) is 6.26 Å². The lowest BCUT2D eigenvalue weighted by Crippen LogP contribution is -2.24. The highest BCUT2D eigenvalue weighted by Crippen LogP contribution is 2.26. The van der Waals surface area contributed by atoms with Gasteiger partial charge in [0.25, 0.3) is 0 Å². The van der Waals surface area contributed by atoms with E-state index in [0.717, 1.165) is 35.2 Å². The summed E-state index contributed by atoms with van der Waals surface area (Å²) in [4.78, 5) is 7.59. The van der Waals surface area contributed by atoms with Crippen molar-refractivity contribution in [2.75, 3.05) is 44.2 Å². The summed E-state index contributed by atoms with van der Waals surface area (Å²) in [6.07, 6.45) is 2.33. The molecule has 0 aliphatic heterocycles. The molecule has 1 aromatic rings. The van der Waals surface area contributed by atoms with Gasteiger partial charge in [-0.1, -0.05) is 6.92 Å². The lowest BCUT2D eigenvalue weighted by atomic mass is 10.3. The van der Waals surface area contributed by atoms with Gasteiger partial charge in [0, 0.05) is 38.4 Å². The monoisotopic (exact) mass is 335 g/mol. The Bertz CT molecular complexity index is 529. The van der Waals surface area contributed by atoms with Crippen LogP contribution in [0.4, 0.5) is 5.13 Å². The van der Waals surface area contributed by atoms with E-state index in [9.17, 15) is 8.42 Å². The molecule has 0 aliphatic carbocycles. The molecule has 0 amide bonds. The molecule has 0 fully saturated rings. The highest BCUT2D eigenvalue weighted by atomic mass is 32.2. The van der Waals surface area contributed by atoms with Crippen molar-refractivity contribution >= 4 is 26.3 Å². The maximum atomic E-state index is 11.2. The summed E-state index contributed by atoms with van der Waals surface area (Å²) in [5, 5.41) is 4.19. The number of sulfone groups is 1. The molecule has 0 radical (unpaired) electrons. The second-order valence-corrected chi connectivity index (χ2v) is 8.35. The van der Waals surface area contributed by atoms with E-state index in [0.29, 0.717) is 13.2 Å². The summed E-state index contributed by atoms with van der Waals surface area (Å²) in [6, 6.07) is 0. The number of anilines is 1. The Kier molecular flexibility index (Phi) is 7.58. The van der Waals surface area contributed by atoms with Crippen molar-refractivity contribution in [3.8, 4) is 0 Å². The van der Waals surface area contributed by atoms with Crippen LogP contribution in [0.5, 0.6) is 0 Å². The van der Waals surface area contributed by atoms with Crippen LogP contribution >= 0.6 is 11.3 Å². The minimum atomic E-state index is -2.96. The van der Waals surface area contributed by atoms with Crippen molar-refractivity contribution < 1.29 is 13.2 Å². The van der Waals surface area contributed by atoms with E-state index < -0.39 is 9.84 Å². The fourth-order valence-electron chi connectivity index (χ4n) is 1.70. The summed E-state index contributed by atoms with van der Waals surface area (Å²) in [5.74, 6) is 0.131. The number of ether oxygens (including phenoxy) is 1. The second kappa shape index (κ2) is 8.67. The molecule has 1 heterocycles. The van der Waals surface area contributed by atoms with Crippen LogP contribution in [0.15, 0.2) is 0 Å². The van der Waals surface area contributed by atoms with Crippen LogP contribution in [0.2, 0.25) is 0 Å². The van der Waals surface area contributed by atoms with Crippen LogP contribution in [0.25, 0.3) is 0 Å². The van der Waals surface area contributed by atoms with E-state index >= 15 is 0 Å². The van der Waals surface area contributed by atoms with Crippen molar-refractivity contribution in [1.29, 1.82) is 0 Å². The van der Waals surface area contributed by atoms with Gasteiger partial charge in [-0.3, -0.25) is 0 Å². The molecule has 0 aromatic carbocycles. The molecule has 1 rings (SSSR count). The fraction of sp³-hybridized carbons (Fsp3) is 0.769. The largest absolute Gasteiger partial charge is 0.378 e. The van der Waals surface area contributed by atoms with Gasteiger partial charge >= 0.3 is 0 Å². The predicted octanol–water partition coefficient (Wildman–Crippen LogP) is 1.27. The zero-order valence-electron chi connectivity index (χ0n) is 13.2. The molecule has 6 nitrogen and oxygen atoms in total. The third-order valence-electron chi connectivity index (χ3n) is 2.88. The van der Waals surface area contributed by atoms with Crippen molar-refractivity contribution in [2.45, 2.75) is 26.5 Å². The van der Waals surface area contributed by atoms with E-state index in [1.54, 1.807) is 18.4 Å². The minimum Gasteiger partial charge on any atom is -0.378 e. The topological polar surface area (TPSA) is 71.5 Å². The summed E-state index contributed by atoms with van der Waals surface area (Å²) in [7, 11) is 0.553. The minimum absolute atomic E-state index is 0.131. The van der Waals surface area contributed by atoms with Crippen LogP contribution in [0.1, 0.15) is 23.9 Å². The Labute approximate surface area is 131 Å². The molecule has 8 heteroatoms. The van der Waals surface area contributed by atoms with Crippen LogP contribution in [0.3, 0.4) is 0 Å². The van der Waals surface area contributed by atoms with Gasteiger partial charge in [0.2, 0.25) is 0 Å². The van der Waals surface area contributed by atoms with Gasteiger partial charge in [-0.15, -0.1) is 11.3 Å². The zero-order valence-corrected chi connectivity index (χ0v) is 14.8. The fourth-order valence-corrected chi connectivity index (χ4v) is 3.32. The molecule has 1 N–H and O–H groups in total. The highest BCUT2D eigenvalue weighted by molar-refractivity contribution is 7.90. The van der Waals surface area contributed by atoms with Gasteiger partial charge in [0.15, 0.2) is 5.13 Å². The summed E-state index contributed by atoms with van der Waals surface area (Å²) < 4.78 is 27.7. The number of aromatic nitrogens is 1. The first kappa shape index (κ1) is 18.3. The molecule has 0 unspecified atom stereocenters. The Balaban J connectivity index is 2.75. The lowest BCUT2D eigenvalue weighted by Gasteiger charge is -2.14. The standard InChI is InChI=1S/C13H25N3O3S2/c1-5-6-14-9-12-11(10-19-3)15-13(20-12)16(2)7-8-21(4,17)18/h14H,5-10H2,1-4H3. The van der Waals surface area contributed by atoms with E-state index in [2.05, 4.69) is 17.2 Å². The van der Waals surface area contributed by atoms with Gasteiger partial charge < -0.3 is 15.0 Å². The molecule has 122 valence electrons. The van der Waals surface area contributed by atoms with Crippen LogP contribution in [0, 0.1) is 0 Å². The molecule has 0 aliphatic rings. The number of hydrogen-bond donors (Lipinski definition) is 1. The summed E-state index contributed by atoms with van der Waals surface area (Å²) in [6.45, 7) is 4.77. The van der Waals surface area contributed by atoms with Gasteiger partial charge in [0.05, 0.1) is 18.1 Å². The Hall–Kier alpha value is -0.700. The van der Waals surface area contributed by atoms with Crippen LogP contribution in [-0.2, 0) is 27.7 Å². The maximum Gasteiger partial charge on any atom is 0.185 e. The van der Waals surface area contributed by atoms with Crippen molar-refractivity contribution in [2.24, 2.45) is 0 Å². The molecule has 0 saturated carbocycles. The number of hydrogen-bond acceptors (Lipinski definition) is 7. The highest BCUT2D eigenvalue weighted by Gasteiger charge is 2.15. The third-order valence-corrected chi connectivity index (χ3v) is 5.02. The predicted molar refractivity (Wildman–Crippen MR) is 87.8 cm³/mol. The van der Waals surface area contributed by atoms with Crippen molar-refractivity contribution in [3.05, 3.63) is 10.6 Å². The Morgan fingerprint density at radius 1 is 1.43 bits per heavy atom. The van der Waals surface area contributed by atoms with Gasteiger partial charge in [0.1, 0.15) is 9.84 Å². The molecule has 0 saturated heterocycles. The second-order valence-electron chi connectivity index (χ2n) is 5.03. The molecular formula is C13H25N3O3S2. The molecule has 21 heavy (non-hydrogen) atoms. The Morgan fingerprint density at radius 2 is 2.14 bits per heavy atom. The first-order valence-electron chi connectivity index (χ1n) is 6.94. The maximum absolute atomic E-state index is 11.2. The zero-order chi connectivity index (χ0) is 15.9. The van der Waals surface area contributed by atoms with Crippen molar-refractivity contribution in [1.82, 2.24) is 10.3 Å². The molecular weight excluding hydrogens is 310 g/mol. The first-order chi connectivity index (χ1) is 9.87. The summed E-state index contributed by atoms with van der Waals surface area (Å²) in [5.41, 5.74) is 0.923. The van der Waals surface area contributed by atoms with Gasteiger partial charge in [-0.25, -0.2) is 13.4 Å². The number of thiazole rings is 1. The Morgan fingerprint density at radius 3 is 2.71 bits per heavy atom. The molecule has 0 spiro atoms. The van der Waals surface area contributed by atoms with E-state index in [-0.39, 0.29) is 5.75 Å². The average Bonchev–Trinajstić information content (AvgIpc) is 2.79. The van der Waals surface area contributed by atoms with Crippen molar-refractivity contribution in [3.63, 3.8) is 0 Å². The molecule has 0 atom stereocenters. The van der Waals surface area contributed by atoms with Crippen LogP contribution in [-0.4, -0.2) is 52.7 Å².